The van der Waals surface area contributed by atoms with E-state index in [0.29, 0.717) is 17.8 Å². The lowest BCUT2D eigenvalue weighted by Gasteiger charge is -2.18. The number of rotatable bonds is 2. The van der Waals surface area contributed by atoms with Crippen molar-refractivity contribution >= 4 is 16.9 Å². The fourth-order valence-electron chi connectivity index (χ4n) is 2.80. The maximum absolute atomic E-state index is 10.1. The highest BCUT2D eigenvalue weighted by Crippen LogP contribution is 2.37. The van der Waals surface area contributed by atoms with Gasteiger partial charge < -0.3 is 25.6 Å². The summed E-state index contributed by atoms with van der Waals surface area (Å²) in [5.41, 5.74) is 7.09. The zero-order valence-electron chi connectivity index (χ0n) is 10.2. The van der Waals surface area contributed by atoms with Crippen molar-refractivity contribution in [3.05, 3.63) is 18.6 Å². The second-order valence-corrected chi connectivity index (χ2v) is 4.94. The van der Waals surface area contributed by atoms with Crippen molar-refractivity contribution in [2.75, 3.05) is 12.3 Å². The van der Waals surface area contributed by atoms with E-state index < -0.39 is 12.2 Å². The van der Waals surface area contributed by atoms with Crippen LogP contribution in [0.4, 0.5) is 5.82 Å². The first-order valence-electron chi connectivity index (χ1n) is 6.17. The average molecular weight is 264 g/mol. The summed E-state index contributed by atoms with van der Waals surface area (Å²) in [5, 5.41) is 29.2. The first-order chi connectivity index (χ1) is 9.13. The Bertz CT molecular complexity index is 600. The van der Waals surface area contributed by atoms with Crippen LogP contribution < -0.4 is 5.73 Å². The van der Waals surface area contributed by atoms with Gasteiger partial charge in [0.15, 0.2) is 5.82 Å². The zero-order valence-corrected chi connectivity index (χ0v) is 10.2. The number of imidazole rings is 1. The Hall–Kier alpha value is -1.70. The highest BCUT2D eigenvalue weighted by molar-refractivity contribution is 5.84. The van der Waals surface area contributed by atoms with Gasteiger partial charge in [-0.3, -0.25) is 0 Å². The monoisotopic (exact) mass is 264 g/mol. The van der Waals surface area contributed by atoms with Gasteiger partial charge in [-0.1, -0.05) is 0 Å². The molecule has 7 nitrogen and oxygen atoms in total. The van der Waals surface area contributed by atoms with Crippen molar-refractivity contribution in [1.29, 1.82) is 0 Å². The van der Waals surface area contributed by atoms with Gasteiger partial charge in [0.25, 0.3) is 0 Å². The van der Waals surface area contributed by atoms with Crippen LogP contribution in [0.3, 0.4) is 0 Å². The van der Waals surface area contributed by atoms with Gasteiger partial charge in [0, 0.05) is 18.7 Å². The fourth-order valence-corrected chi connectivity index (χ4v) is 2.80. The molecule has 19 heavy (non-hydrogen) atoms. The summed E-state index contributed by atoms with van der Waals surface area (Å²) in [5.74, 6) is 0.0135. The summed E-state index contributed by atoms with van der Waals surface area (Å²) in [7, 11) is 0. The lowest BCUT2D eigenvalue weighted by molar-refractivity contribution is -0.00365. The van der Waals surface area contributed by atoms with E-state index >= 15 is 0 Å². The molecule has 0 radical (unpaired) electrons. The third-order valence-electron chi connectivity index (χ3n) is 3.88. The summed E-state index contributed by atoms with van der Waals surface area (Å²) >= 11 is 0. The zero-order chi connectivity index (χ0) is 13.6. The van der Waals surface area contributed by atoms with Gasteiger partial charge in [0.05, 0.1) is 24.0 Å². The number of fused-ring (bicyclic) bond motifs is 1. The lowest BCUT2D eigenvalue weighted by Crippen LogP contribution is -2.30. The summed E-state index contributed by atoms with van der Waals surface area (Å²) in [6.07, 6.45) is 1.81. The van der Waals surface area contributed by atoms with Crippen LogP contribution in [-0.2, 0) is 0 Å². The second-order valence-electron chi connectivity index (χ2n) is 4.94. The fraction of sp³-hybridized carbons (Fsp3) is 0.500. The van der Waals surface area contributed by atoms with Gasteiger partial charge in [0.1, 0.15) is 11.6 Å². The lowest BCUT2D eigenvalue weighted by atomic mass is 10.1. The number of anilines is 1. The van der Waals surface area contributed by atoms with E-state index in [4.69, 9.17) is 5.73 Å². The number of aliphatic hydroxyl groups excluding tert-OH is 3. The van der Waals surface area contributed by atoms with Gasteiger partial charge in [-0.25, -0.2) is 9.97 Å². The van der Waals surface area contributed by atoms with Crippen molar-refractivity contribution in [2.45, 2.75) is 24.7 Å². The smallest absolute Gasteiger partial charge is 0.151 e. The molecule has 0 aromatic carbocycles. The molecule has 0 amide bonds. The number of hydrogen-bond acceptors (Lipinski definition) is 6. The Balaban J connectivity index is 2.04. The number of nitrogen functional groups attached to an aromatic ring is 1. The SMILES string of the molecule is Nc1nccc2c1ncn2[C@@H]1C[C@@H](CO)[C@@H](O)[C@H]1O. The van der Waals surface area contributed by atoms with Crippen LogP contribution in [0.15, 0.2) is 18.6 Å². The Morgan fingerprint density at radius 1 is 1.32 bits per heavy atom. The average Bonchev–Trinajstić information content (AvgIpc) is 2.94. The molecule has 1 fully saturated rings. The van der Waals surface area contributed by atoms with Crippen LogP contribution in [-0.4, -0.2) is 48.7 Å². The molecule has 2 heterocycles. The molecule has 2 aromatic rings. The van der Waals surface area contributed by atoms with Crippen molar-refractivity contribution in [3.63, 3.8) is 0 Å². The summed E-state index contributed by atoms with van der Waals surface area (Å²) in [6.45, 7) is -0.148. The van der Waals surface area contributed by atoms with Gasteiger partial charge in [0.2, 0.25) is 0 Å². The normalized spacial score (nSPS) is 31.1. The van der Waals surface area contributed by atoms with Gasteiger partial charge in [-0.2, -0.15) is 0 Å². The van der Waals surface area contributed by atoms with Crippen LogP contribution in [0, 0.1) is 5.92 Å². The highest BCUT2D eigenvalue weighted by Gasteiger charge is 2.42. The van der Waals surface area contributed by atoms with E-state index in [1.165, 1.54) is 0 Å². The van der Waals surface area contributed by atoms with Crippen molar-refractivity contribution in [3.8, 4) is 0 Å². The molecule has 0 bridgehead atoms. The summed E-state index contributed by atoms with van der Waals surface area (Å²) < 4.78 is 1.79. The molecule has 1 saturated carbocycles. The Morgan fingerprint density at radius 2 is 2.11 bits per heavy atom. The third kappa shape index (κ3) is 1.78. The predicted molar refractivity (Wildman–Crippen MR) is 68.2 cm³/mol. The van der Waals surface area contributed by atoms with E-state index in [0.717, 1.165) is 5.52 Å². The number of aromatic nitrogens is 3. The van der Waals surface area contributed by atoms with Crippen molar-refractivity contribution in [2.24, 2.45) is 5.92 Å². The molecule has 0 saturated heterocycles. The Kier molecular flexibility index (Phi) is 2.89. The molecule has 2 aromatic heterocycles. The number of nitrogens with zero attached hydrogens (tertiary/aromatic N) is 3. The number of aliphatic hydroxyl groups is 3. The van der Waals surface area contributed by atoms with Crippen LogP contribution in [0.2, 0.25) is 0 Å². The van der Waals surface area contributed by atoms with Crippen LogP contribution in [0.1, 0.15) is 12.5 Å². The molecule has 7 heteroatoms. The van der Waals surface area contributed by atoms with Gasteiger partial charge in [-0.15, -0.1) is 0 Å². The molecule has 1 aliphatic rings. The quantitative estimate of drug-likeness (QED) is 0.569. The largest absolute Gasteiger partial charge is 0.396 e. The minimum Gasteiger partial charge on any atom is -0.396 e. The second kappa shape index (κ2) is 4.44. The molecule has 0 spiro atoms. The van der Waals surface area contributed by atoms with Gasteiger partial charge >= 0.3 is 0 Å². The molecule has 1 aliphatic carbocycles. The number of hydrogen-bond donors (Lipinski definition) is 4. The van der Waals surface area contributed by atoms with Crippen LogP contribution in [0.25, 0.3) is 11.0 Å². The van der Waals surface area contributed by atoms with Gasteiger partial charge in [-0.05, 0) is 12.5 Å². The first-order valence-corrected chi connectivity index (χ1v) is 6.17. The predicted octanol–water partition coefficient (Wildman–Crippen LogP) is -0.711. The molecule has 102 valence electrons. The summed E-state index contributed by atoms with van der Waals surface area (Å²) in [4.78, 5) is 8.16. The minimum absolute atomic E-state index is 0.148. The van der Waals surface area contributed by atoms with E-state index in [2.05, 4.69) is 9.97 Å². The molecule has 0 aliphatic heterocycles. The molecular weight excluding hydrogens is 248 g/mol. The maximum atomic E-state index is 10.1. The standard InChI is InChI=1S/C12H16N4O3/c13-12-9-7(1-2-14-12)16(5-15-9)8-3-6(4-17)10(18)11(8)19/h1-2,5-6,8,10-11,17-19H,3-4H2,(H2,13,14)/t6-,8+,10+,11-/m0/s1. The van der Waals surface area contributed by atoms with Crippen molar-refractivity contribution in [1.82, 2.24) is 14.5 Å². The van der Waals surface area contributed by atoms with Crippen LogP contribution >= 0.6 is 0 Å². The maximum Gasteiger partial charge on any atom is 0.151 e. The first kappa shape index (κ1) is 12.3. The summed E-state index contributed by atoms with van der Waals surface area (Å²) in [6, 6.07) is 1.45. The number of pyridine rings is 1. The molecule has 0 unspecified atom stereocenters. The Labute approximate surface area is 109 Å². The minimum atomic E-state index is -0.927. The van der Waals surface area contributed by atoms with E-state index in [1.54, 1.807) is 23.2 Å². The van der Waals surface area contributed by atoms with Crippen LogP contribution in [0.5, 0.6) is 0 Å². The molecule has 4 atom stereocenters. The van der Waals surface area contributed by atoms with E-state index in [1.807, 2.05) is 0 Å². The Morgan fingerprint density at radius 3 is 2.79 bits per heavy atom. The van der Waals surface area contributed by atoms with E-state index in [9.17, 15) is 15.3 Å². The topological polar surface area (TPSA) is 117 Å². The van der Waals surface area contributed by atoms with Crippen molar-refractivity contribution < 1.29 is 15.3 Å². The van der Waals surface area contributed by atoms with E-state index in [-0.39, 0.29) is 18.6 Å². The molecule has 5 N–H and O–H groups in total. The number of nitrogens with two attached hydrogens (primary N) is 1. The third-order valence-corrected chi connectivity index (χ3v) is 3.88. The molecule has 3 rings (SSSR count). The highest BCUT2D eigenvalue weighted by atomic mass is 16.3. The molecular formula is C12H16N4O3.